The molecule has 8 nitrogen and oxygen atoms in total. The maximum absolute atomic E-state index is 13.0. The minimum Gasteiger partial charge on any atom is -0.497 e. The summed E-state index contributed by atoms with van der Waals surface area (Å²) in [4.78, 5) is 38.6. The zero-order valence-electron chi connectivity index (χ0n) is 21.2. The smallest absolute Gasteiger partial charge is 0.262 e. The molecule has 0 saturated heterocycles. The highest BCUT2D eigenvalue weighted by Crippen LogP contribution is 2.26. The topological polar surface area (TPSA) is 104 Å². The molecule has 0 radical (unpaired) electrons. The number of hydrogen-bond donors (Lipinski definition) is 1. The van der Waals surface area contributed by atoms with E-state index in [9.17, 15) is 14.4 Å². The first-order chi connectivity index (χ1) is 19.4. The Morgan fingerprint density at radius 2 is 1.60 bits per heavy atom. The van der Waals surface area contributed by atoms with Crippen LogP contribution in [-0.2, 0) is 4.79 Å². The van der Waals surface area contributed by atoms with Gasteiger partial charge in [0.15, 0.2) is 12.4 Å². The van der Waals surface area contributed by atoms with Gasteiger partial charge in [-0.3, -0.25) is 14.4 Å². The summed E-state index contributed by atoms with van der Waals surface area (Å²) in [7, 11) is 1.56. The summed E-state index contributed by atoms with van der Waals surface area (Å²) < 4.78 is 22.0. The van der Waals surface area contributed by atoms with E-state index in [1.165, 1.54) is 24.5 Å². The number of nitrogens with one attached hydrogen (secondary N) is 1. The van der Waals surface area contributed by atoms with Crippen molar-refractivity contribution in [2.24, 2.45) is 0 Å². The monoisotopic (exact) mass is 555 g/mol. The van der Waals surface area contributed by atoms with E-state index in [0.29, 0.717) is 33.5 Å². The van der Waals surface area contributed by atoms with Crippen LogP contribution in [0.4, 0.5) is 5.69 Å². The number of hydrogen-bond acceptors (Lipinski definition) is 7. The van der Waals surface area contributed by atoms with Crippen LogP contribution in [0.25, 0.3) is 11.0 Å². The van der Waals surface area contributed by atoms with Crippen LogP contribution in [0.3, 0.4) is 0 Å². The SMILES string of the molecule is COc1ccc(Oc2coc3cc(OCC(=O)Nc4ccc(Cl)cc4C(=O)c4ccccc4)ccc3c2=O)cc1. The Bertz CT molecular complexity index is 1750. The molecule has 0 aliphatic carbocycles. The van der Waals surface area contributed by atoms with Crippen molar-refractivity contribution < 1.29 is 28.2 Å². The lowest BCUT2D eigenvalue weighted by molar-refractivity contribution is -0.118. The van der Waals surface area contributed by atoms with Gasteiger partial charge in [0.2, 0.25) is 11.2 Å². The predicted octanol–water partition coefficient (Wildman–Crippen LogP) is 6.50. The molecule has 0 unspecified atom stereocenters. The highest BCUT2D eigenvalue weighted by Gasteiger charge is 2.17. The van der Waals surface area contributed by atoms with E-state index in [4.69, 9.17) is 30.2 Å². The van der Waals surface area contributed by atoms with Crippen LogP contribution in [0.15, 0.2) is 106 Å². The van der Waals surface area contributed by atoms with Crippen LogP contribution in [-0.4, -0.2) is 25.4 Å². The zero-order valence-corrected chi connectivity index (χ0v) is 21.9. The van der Waals surface area contributed by atoms with Crippen LogP contribution < -0.4 is 25.0 Å². The summed E-state index contributed by atoms with van der Waals surface area (Å²) in [5.74, 6) is 0.676. The van der Waals surface area contributed by atoms with E-state index < -0.39 is 5.91 Å². The van der Waals surface area contributed by atoms with E-state index in [-0.39, 0.29) is 40.1 Å². The number of carbonyl (C=O) groups excluding carboxylic acids is 2. The average molecular weight is 556 g/mol. The molecule has 0 fully saturated rings. The molecule has 0 bridgehead atoms. The van der Waals surface area contributed by atoms with Gasteiger partial charge < -0.3 is 23.9 Å². The normalized spacial score (nSPS) is 10.7. The molecule has 0 aliphatic heterocycles. The number of rotatable bonds is 9. The van der Waals surface area contributed by atoms with Crippen LogP contribution in [0.2, 0.25) is 5.02 Å². The first kappa shape index (κ1) is 26.5. The summed E-state index contributed by atoms with van der Waals surface area (Å²) in [6.07, 6.45) is 1.22. The van der Waals surface area contributed by atoms with Crippen molar-refractivity contribution in [1.29, 1.82) is 0 Å². The van der Waals surface area contributed by atoms with Gasteiger partial charge in [-0.05, 0) is 54.6 Å². The fraction of sp³-hybridized carbons (Fsp3) is 0.0645. The Morgan fingerprint density at radius 3 is 2.35 bits per heavy atom. The summed E-state index contributed by atoms with van der Waals surface area (Å²) in [5, 5.41) is 3.35. The number of anilines is 1. The Kier molecular flexibility index (Phi) is 7.80. The Morgan fingerprint density at radius 1 is 0.875 bits per heavy atom. The van der Waals surface area contributed by atoms with Crippen molar-refractivity contribution in [2.75, 3.05) is 19.0 Å². The molecular weight excluding hydrogens is 534 g/mol. The average Bonchev–Trinajstić information content (AvgIpc) is 2.99. The molecule has 4 aromatic carbocycles. The van der Waals surface area contributed by atoms with Gasteiger partial charge in [-0.2, -0.15) is 0 Å². The highest BCUT2D eigenvalue weighted by atomic mass is 35.5. The maximum atomic E-state index is 13.0. The van der Waals surface area contributed by atoms with Crippen LogP contribution in [0.5, 0.6) is 23.0 Å². The first-order valence-electron chi connectivity index (χ1n) is 12.1. The third-order valence-corrected chi connectivity index (χ3v) is 6.14. The minimum absolute atomic E-state index is 0.0227. The predicted molar refractivity (Wildman–Crippen MR) is 151 cm³/mol. The number of fused-ring (bicyclic) bond motifs is 1. The molecule has 1 N–H and O–H groups in total. The molecule has 0 atom stereocenters. The van der Waals surface area contributed by atoms with E-state index in [1.54, 1.807) is 73.8 Å². The largest absolute Gasteiger partial charge is 0.497 e. The number of ketones is 1. The molecule has 0 spiro atoms. The van der Waals surface area contributed by atoms with E-state index in [0.717, 1.165) is 0 Å². The molecular formula is C31H22ClNO7. The minimum atomic E-state index is -0.491. The lowest BCUT2D eigenvalue weighted by atomic mass is 10.0. The number of halogens is 1. The molecule has 0 aliphatic rings. The number of carbonyl (C=O) groups is 2. The van der Waals surface area contributed by atoms with Crippen LogP contribution in [0, 0.1) is 0 Å². The summed E-state index contributed by atoms with van der Waals surface area (Å²) in [6.45, 7) is -0.351. The fourth-order valence-corrected chi connectivity index (χ4v) is 4.09. The van der Waals surface area contributed by atoms with Gasteiger partial charge in [-0.1, -0.05) is 41.9 Å². The lowest BCUT2D eigenvalue weighted by Gasteiger charge is -2.12. The molecule has 0 saturated carbocycles. The Balaban J connectivity index is 1.26. The molecule has 200 valence electrons. The maximum Gasteiger partial charge on any atom is 0.262 e. The van der Waals surface area contributed by atoms with Gasteiger partial charge in [0.25, 0.3) is 5.91 Å². The van der Waals surface area contributed by atoms with Crippen molar-refractivity contribution in [1.82, 2.24) is 0 Å². The number of benzene rings is 4. The van der Waals surface area contributed by atoms with Crippen molar-refractivity contribution in [3.05, 3.63) is 124 Å². The van der Waals surface area contributed by atoms with Gasteiger partial charge >= 0.3 is 0 Å². The molecule has 1 amide bonds. The second-order valence-corrected chi connectivity index (χ2v) is 9.02. The summed E-state index contributed by atoms with van der Waals surface area (Å²) >= 11 is 6.11. The van der Waals surface area contributed by atoms with Gasteiger partial charge in [0.1, 0.15) is 29.1 Å². The molecule has 5 rings (SSSR count). The van der Waals surface area contributed by atoms with Crippen molar-refractivity contribution in [3.63, 3.8) is 0 Å². The highest BCUT2D eigenvalue weighted by molar-refractivity contribution is 6.31. The van der Waals surface area contributed by atoms with Crippen LogP contribution >= 0.6 is 11.6 Å². The number of methoxy groups -OCH3 is 1. The van der Waals surface area contributed by atoms with Gasteiger partial charge in [0, 0.05) is 22.2 Å². The van der Waals surface area contributed by atoms with Crippen molar-refractivity contribution in [2.45, 2.75) is 0 Å². The number of ether oxygens (including phenoxy) is 3. The van der Waals surface area contributed by atoms with Crippen LogP contribution in [0.1, 0.15) is 15.9 Å². The molecule has 9 heteroatoms. The second-order valence-electron chi connectivity index (χ2n) is 8.59. The van der Waals surface area contributed by atoms with E-state index in [1.807, 2.05) is 6.07 Å². The quantitative estimate of drug-likeness (QED) is 0.207. The third kappa shape index (κ3) is 5.98. The van der Waals surface area contributed by atoms with E-state index in [2.05, 4.69) is 5.32 Å². The molecule has 40 heavy (non-hydrogen) atoms. The first-order valence-corrected chi connectivity index (χ1v) is 12.5. The van der Waals surface area contributed by atoms with Crippen molar-refractivity contribution >= 4 is 39.9 Å². The molecule has 1 heterocycles. The summed E-state index contributed by atoms with van der Waals surface area (Å²) in [6, 6.07) is 24.7. The Labute approximate surface area is 233 Å². The van der Waals surface area contributed by atoms with Crippen molar-refractivity contribution in [3.8, 4) is 23.0 Å². The van der Waals surface area contributed by atoms with E-state index >= 15 is 0 Å². The third-order valence-electron chi connectivity index (χ3n) is 5.91. The standard InChI is InChI=1S/C31H22ClNO7/c1-37-21-8-10-22(11-9-21)40-28-17-39-27-16-23(12-13-24(27)31(28)36)38-18-29(34)33-26-14-7-20(32)15-25(26)30(35)19-5-3-2-4-6-19/h2-17H,18H2,1H3,(H,33,34). The molecule has 1 aromatic heterocycles. The Hall–Kier alpha value is -5.08. The second kappa shape index (κ2) is 11.8. The zero-order chi connectivity index (χ0) is 28.1. The fourth-order valence-electron chi connectivity index (χ4n) is 3.92. The molecule has 5 aromatic rings. The van der Waals surface area contributed by atoms with Gasteiger partial charge in [-0.15, -0.1) is 0 Å². The van der Waals surface area contributed by atoms with Gasteiger partial charge in [-0.25, -0.2) is 0 Å². The van der Waals surface area contributed by atoms with Gasteiger partial charge in [0.05, 0.1) is 18.2 Å². The number of amides is 1. The lowest BCUT2D eigenvalue weighted by Crippen LogP contribution is -2.21. The summed E-state index contributed by atoms with van der Waals surface area (Å²) in [5.41, 5.74) is 0.929.